The van der Waals surface area contributed by atoms with Crippen molar-refractivity contribution in [3.63, 3.8) is 0 Å². The molecule has 0 saturated heterocycles. The molecule has 0 aliphatic carbocycles. The van der Waals surface area contributed by atoms with Gasteiger partial charge in [-0.25, -0.2) is 9.18 Å². The second-order valence-corrected chi connectivity index (χ2v) is 5.49. The monoisotopic (exact) mass is 329 g/mol. The maximum absolute atomic E-state index is 13.8. The molecular formula is C18H20FN3O2. The zero-order valence-electron chi connectivity index (χ0n) is 13.3. The quantitative estimate of drug-likeness (QED) is 0.761. The van der Waals surface area contributed by atoms with Gasteiger partial charge in [0.2, 0.25) is 5.91 Å². The number of hydrogen-bond donors (Lipinski definition) is 3. The summed E-state index contributed by atoms with van der Waals surface area (Å²) < 4.78 is 13.8. The Morgan fingerprint density at radius 3 is 2.29 bits per heavy atom. The van der Waals surface area contributed by atoms with Gasteiger partial charge in [-0.3, -0.25) is 4.79 Å². The summed E-state index contributed by atoms with van der Waals surface area (Å²) in [6.07, 6.45) is 0.00570. The van der Waals surface area contributed by atoms with Crippen molar-refractivity contribution >= 4 is 11.9 Å². The predicted molar refractivity (Wildman–Crippen MR) is 89.5 cm³/mol. The highest BCUT2D eigenvalue weighted by Gasteiger charge is 2.19. The molecule has 2 atom stereocenters. The minimum absolute atomic E-state index is 0.00570. The van der Waals surface area contributed by atoms with Gasteiger partial charge in [-0.1, -0.05) is 48.5 Å². The van der Waals surface area contributed by atoms with Crippen LogP contribution in [0.3, 0.4) is 0 Å². The van der Waals surface area contributed by atoms with Gasteiger partial charge in [0, 0.05) is 5.56 Å². The zero-order valence-corrected chi connectivity index (χ0v) is 13.3. The van der Waals surface area contributed by atoms with Crippen molar-refractivity contribution < 1.29 is 14.0 Å². The molecule has 2 aromatic carbocycles. The van der Waals surface area contributed by atoms with Gasteiger partial charge in [0.05, 0.1) is 18.5 Å². The number of rotatable bonds is 6. The SMILES string of the molecule is C[C@@H](NC(=O)C[C@H](NC(N)=O)c1ccccc1)c1ccccc1F. The van der Waals surface area contributed by atoms with Crippen molar-refractivity contribution in [1.29, 1.82) is 0 Å². The Balaban J connectivity index is 2.05. The van der Waals surface area contributed by atoms with Gasteiger partial charge in [-0.05, 0) is 18.6 Å². The number of urea groups is 1. The third-order valence-corrected chi connectivity index (χ3v) is 3.66. The van der Waals surface area contributed by atoms with Crippen molar-refractivity contribution in [2.75, 3.05) is 0 Å². The smallest absolute Gasteiger partial charge is 0.312 e. The third kappa shape index (κ3) is 4.81. The van der Waals surface area contributed by atoms with Crippen LogP contribution in [0, 0.1) is 5.82 Å². The first-order valence-corrected chi connectivity index (χ1v) is 7.62. The molecule has 6 heteroatoms. The highest BCUT2D eigenvalue weighted by molar-refractivity contribution is 5.79. The van der Waals surface area contributed by atoms with Crippen LogP contribution in [0.15, 0.2) is 54.6 Å². The molecule has 24 heavy (non-hydrogen) atoms. The van der Waals surface area contributed by atoms with E-state index >= 15 is 0 Å². The van der Waals surface area contributed by atoms with Crippen molar-refractivity contribution in [3.8, 4) is 0 Å². The highest BCUT2D eigenvalue weighted by atomic mass is 19.1. The number of hydrogen-bond acceptors (Lipinski definition) is 2. The lowest BCUT2D eigenvalue weighted by Crippen LogP contribution is -2.37. The molecule has 0 aliphatic rings. The summed E-state index contributed by atoms with van der Waals surface area (Å²) in [4.78, 5) is 23.5. The fourth-order valence-electron chi connectivity index (χ4n) is 2.50. The van der Waals surface area contributed by atoms with E-state index in [2.05, 4.69) is 10.6 Å². The van der Waals surface area contributed by atoms with Crippen LogP contribution in [0.5, 0.6) is 0 Å². The Morgan fingerprint density at radius 1 is 1.04 bits per heavy atom. The largest absolute Gasteiger partial charge is 0.352 e. The molecule has 0 fully saturated rings. The van der Waals surface area contributed by atoms with Crippen LogP contribution in [0.25, 0.3) is 0 Å². The number of carbonyl (C=O) groups excluding carboxylic acids is 2. The molecule has 0 aromatic heterocycles. The van der Waals surface area contributed by atoms with E-state index in [1.807, 2.05) is 18.2 Å². The molecular weight excluding hydrogens is 309 g/mol. The Kier molecular flexibility index (Phi) is 5.89. The topological polar surface area (TPSA) is 84.2 Å². The van der Waals surface area contributed by atoms with E-state index in [-0.39, 0.29) is 18.1 Å². The molecule has 2 rings (SSSR count). The van der Waals surface area contributed by atoms with Crippen molar-refractivity contribution in [2.24, 2.45) is 5.73 Å². The molecule has 4 N–H and O–H groups in total. The molecule has 126 valence electrons. The molecule has 0 unspecified atom stereocenters. The lowest BCUT2D eigenvalue weighted by molar-refractivity contribution is -0.122. The summed E-state index contributed by atoms with van der Waals surface area (Å²) >= 11 is 0. The number of amides is 3. The number of carbonyl (C=O) groups is 2. The average molecular weight is 329 g/mol. The summed E-state index contributed by atoms with van der Waals surface area (Å²) in [5.41, 5.74) is 6.36. The molecule has 0 aliphatic heterocycles. The molecule has 0 bridgehead atoms. The van der Waals surface area contributed by atoms with E-state index in [1.165, 1.54) is 6.07 Å². The molecule has 0 saturated carbocycles. The standard InChI is InChI=1S/C18H20FN3O2/c1-12(14-9-5-6-10-15(14)19)21-17(23)11-16(22-18(20)24)13-7-3-2-4-8-13/h2-10,12,16H,11H2,1H3,(H,21,23)(H3,20,22,24)/t12-,16+/m1/s1. The van der Waals surface area contributed by atoms with Crippen LogP contribution in [-0.4, -0.2) is 11.9 Å². The first kappa shape index (κ1) is 17.5. The van der Waals surface area contributed by atoms with E-state index in [1.54, 1.807) is 37.3 Å². The van der Waals surface area contributed by atoms with Crippen LogP contribution in [0.4, 0.5) is 9.18 Å². The summed E-state index contributed by atoms with van der Waals surface area (Å²) in [6, 6.07) is 13.6. The van der Waals surface area contributed by atoms with E-state index in [0.717, 1.165) is 5.56 Å². The van der Waals surface area contributed by atoms with Crippen LogP contribution >= 0.6 is 0 Å². The summed E-state index contributed by atoms with van der Waals surface area (Å²) in [5.74, 6) is -0.687. The average Bonchev–Trinajstić information content (AvgIpc) is 2.55. The van der Waals surface area contributed by atoms with Gasteiger partial charge in [-0.15, -0.1) is 0 Å². The van der Waals surface area contributed by atoms with Crippen LogP contribution in [0.1, 0.15) is 36.6 Å². The Morgan fingerprint density at radius 2 is 1.67 bits per heavy atom. The van der Waals surface area contributed by atoms with Crippen molar-refractivity contribution in [1.82, 2.24) is 10.6 Å². The molecule has 2 aromatic rings. The molecule has 3 amide bonds. The number of halogens is 1. The second-order valence-electron chi connectivity index (χ2n) is 5.49. The lowest BCUT2D eigenvalue weighted by atomic mass is 10.0. The molecule has 0 radical (unpaired) electrons. The fourth-order valence-corrected chi connectivity index (χ4v) is 2.50. The minimum atomic E-state index is -0.709. The van der Waals surface area contributed by atoms with Crippen LogP contribution < -0.4 is 16.4 Å². The molecule has 0 spiro atoms. The van der Waals surface area contributed by atoms with Crippen LogP contribution in [0.2, 0.25) is 0 Å². The van der Waals surface area contributed by atoms with Gasteiger partial charge >= 0.3 is 6.03 Å². The summed E-state index contributed by atoms with van der Waals surface area (Å²) in [7, 11) is 0. The van der Waals surface area contributed by atoms with Gasteiger partial charge < -0.3 is 16.4 Å². The highest BCUT2D eigenvalue weighted by Crippen LogP contribution is 2.19. The second kappa shape index (κ2) is 8.10. The lowest BCUT2D eigenvalue weighted by Gasteiger charge is -2.20. The number of nitrogens with two attached hydrogens (primary N) is 1. The van der Waals surface area contributed by atoms with Gasteiger partial charge in [0.1, 0.15) is 5.82 Å². The van der Waals surface area contributed by atoms with Crippen LogP contribution in [-0.2, 0) is 4.79 Å². The van der Waals surface area contributed by atoms with E-state index < -0.39 is 18.1 Å². The van der Waals surface area contributed by atoms with Gasteiger partial charge in [0.25, 0.3) is 0 Å². The number of benzene rings is 2. The van der Waals surface area contributed by atoms with Crippen molar-refractivity contribution in [2.45, 2.75) is 25.4 Å². The molecule has 5 nitrogen and oxygen atoms in total. The summed E-state index contributed by atoms with van der Waals surface area (Å²) in [6.45, 7) is 1.70. The third-order valence-electron chi connectivity index (χ3n) is 3.66. The Hall–Kier alpha value is -2.89. The number of nitrogens with one attached hydrogen (secondary N) is 2. The minimum Gasteiger partial charge on any atom is -0.352 e. The number of primary amides is 1. The normalized spacial score (nSPS) is 12.9. The van der Waals surface area contributed by atoms with Gasteiger partial charge in [0.15, 0.2) is 0 Å². The van der Waals surface area contributed by atoms with E-state index in [4.69, 9.17) is 5.73 Å². The maximum atomic E-state index is 13.8. The first-order chi connectivity index (χ1) is 11.5. The van der Waals surface area contributed by atoms with E-state index in [0.29, 0.717) is 5.56 Å². The zero-order chi connectivity index (χ0) is 17.5. The first-order valence-electron chi connectivity index (χ1n) is 7.62. The maximum Gasteiger partial charge on any atom is 0.312 e. The summed E-state index contributed by atoms with van der Waals surface area (Å²) in [5, 5.41) is 5.29. The van der Waals surface area contributed by atoms with E-state index in [9.17, 15) is 14.0 Å². The van der Waals surface area contributed by atoms with Gasteiger partial charge in [-0.2, -0.15) is 0 Å². The predicted octanol–water partition coefficient (Wildman–Crippen LogP) is 2.80. The Labute approximate surface area is 140 Å². The Bertz CT molecular complexity index is 706. The molecule has 0 heterocycles. The fraction of sp³-hybridized carbons (Fsp3) is 0.222. The van der Waals surface area contributed by atoms with Crippen molar-refractivity contribution in [3.05, 3.63) is 71.5 Å².